The van der Waals surface area contributed by atoms with Gasteiger partial charge in [0.15, 0.2) is 0 Å². The van der Waals surface area contributed by atoms with Crippen molar-refractivity contribution in [2.45, 2.75) is 66.2 Å². The molecule has 2 nitrogen and oxygen atoms in total. The van der Waals surface area contributed by atoms with E-state index < -0.39 is 0 Å². The zero-order valence-electron chi connectivity index (χ0n) is 18.9. The molecule has 2 rings (SSSR count). The molecule has 0 radical (unpaired) electrons. The predicted octanol–water partition coefficient (Wildman–Crippen LogP) is 7.76. The summed E-state index contributed by atoms with van der Waals surface area (Å²) in [6.45, 7) is 14.7. The number of hydrogen-bond donors (Lipinski definition) is 1. The van der Waals surface area contributed by atoms with Gasteiger partial charge < -0.3 is 10.5 Å². The maximum Gasteiger partial charge on any atom is 0.130 e. The van der Waals surface area contributed by atoms with Crippen molar-refractivity contribution in [2.75, 3.05) is 13.2 Å². The van der Waals surface area contributed by atoms with E-state index in [-0.39, 0.29) is 0 Å². The van der Waals surface area contributed by atoms with Crippen molar-refractivity contribution in [3.8, 4) is 16.9 Å². The monoisotopic (exact) mass is 411 g/mol. The lowest BCUT2D eigenvalue weighted by atomic mass is 9.89. The molecule has 0 fully saturated rings. The zero-order valence-corrected chi connectivity index (χ0v) is 19.7. The van der Waals surface area contributed by atoms with E-state index in [0.717, 1.165) is 25.2 Å². The molecule has 0 aliphatic heterocycles. The fourth-order valence-corrected chi connectivity index (χ4v) is 4.06. The van der Waals surface area contributed by atoms with Gasteiger partial charge in [-0.15, -0.1) is 11.3 Å². The molecule has 29 heavy (non-hydrogen) atoms. The standard InChI is InChI=1S/C26H37NOS/c1-7-14-28-26-23(19(4)5)16-21(18(2)3)17-24(26)22-12-15-29-25(22)11-10-20(6)9-8-13-27/h9-12,15-19H,7-8,13-14,27H2,1-6H3/b11-10+,20-9+. The van der Waals surface area contributed by atoms with E-state index in [4.69, 9.17) is 10.5 Å². The number of thiophene rings is 1. The highest BCUT2D eigenvalue weighted by Gasteiger charge is 2.19. The van der Waals surface area contributed by atoms with Crippen LogP contribution in [0.2, 0.25) is 0 Å². The fraction of sp³-hybridized carbons (Fsp3) is 0.462. The smallest absolute Gasteiger partial charge is 0.130 e. The number of benzene rings is 1. The van der Waals surface area contributed by atoms with Gasteiger partial charge in [0.2, 0.25) is 0 Å². The summed E-state index contributed by atoms with van der Waals surface area (Å²) in [6.07, 6.45) is 8.52. The Morgan fingerprint density at radius 2 is 1.90 bits per heavy atom. The highest BCUT2D eigenvalue weighted by molar-refractivity contribution is 7.11. The topological polar surface area (TPSA) is 35.2 Å². The molecule has 0 saturated heterocycles. The van der Waals surface area contributed by atoms with E-state index in [1.54, 1.807) is 11.3 Å². The first-order chi connectivity index (χ1) is 13.9. The number of ether oxygens (including phenoxy) is 1. The van der Waals surface area contributed by atoms with Crippen molar-refractivity contribution in [2.24, 2.45) is 5.73 Å². The Hall–Kier alpha value is -1.84. The molecule has 0 spiro atoms. The second-order valence-electron chi connectivity index (χ2n) is 8.20. The Morgan fingerprint density at radius 3 is 2.52 bits per heavy atom. The summed E-state index contributed by atoms with van der Waals surface area (Å²) in [5.74, 6) is 1.94. The van der Waals surface area contributed by atoms with Crippen LogP contribution in [0.4, 0.5) is 0 Å². The largest absolute Gasteiger partial charge is 0.493 e. The molecule has 0 aliphatic carbocycles. The van der Waals surface area contributed by atoms with E-state index in [9.17, 15) is 0 Å². The Kier molecular flexibility index (Phi) is 9.19. The lowest BCUT2D eigenvalue weighted by Crippen LogP contribution is -2.04. The van der Waals surface area contributed by atoms with E-state index in [1.807, 2.05) is 0 Å². The lowest BCUT2D eigenvalue weighted by Gasteiger charge is -2.21. The molecule has 0 atom stereocenters. The van der Waals surface area contributed by atoms with Crippen molar-refractivity contribution >= 4 is 17.4 Å². The fourth-order valence-electron chi connectivity index (χ4n) is 3.26. The Balaban J connectivity index is 2.58. The first-order valence-electron chi connectivity index (χ1n) is 10.8. The molecule has 2 aromatic rings. The minimum Gasteiger partial charge on any atom is -0.493 e. The number of nitrogens with two attached hydrogens (primary N) is 1. The van der Waals surface area contributed by atoms with E-state index >= 15 is 0 Å². The molecule has 1 aromatic heterocycles. The maximum atomic E-state index is 6.33. The molecular formula is C26H37NOS. The number of hydrogen-bond acceptors (Lipinski definition) is 3. The summed E-state index contributed by atoms with van der Waals surface area (Å²) in [6, 6.07) is 6.90. The van der Waals surface area contributed by atoms with E-state index in [2.05, 4.69) is 83.3 Å². The molecule has 1 aromatic carbocycles. The molecule has 0 aliphatic rings. The van der Waals surface area contributed by atoms with Crippen LogP contribution in [0.1, 0.15) is 82.2 Å². The summed E-state index contributed by atoms with van der Waals surface area (Å²) in [5.41, 5.74) is 12.0. The van der Waals surface area contributed by atoms with Crippen LogP contribution in [0.3, 0.4) is 0 Å². The van der Waals surface area contributed by atoms with Gasteiger partial charge in [0.1, 0.15) is 5.75 Å². The number of allylic oxidation sites excluding steroid dienone is 2. The van der Waals surface area contributed by atoms with Crippen molar-refractivity contribution < 1.29 is 4.74 Å². The minimum atomic E-state index is 0.415. The molecule has 2 N–H and O–H groups in total. The van der Waals surface area contributed by atoms with Gasteiger partial charge in [0.25, 0.3) is 0 Å². The summed E-state index contributed by atoms with van der Waals surface area (Å²) in [5, 5.41) is 2.18. The molecule has 0 unspecified atom stereocenters. The summed E-state index contributed by atoms with van der Waals surface area (Å²) in [4.78, 5) is 1.27. The Morgan fingerprint density at radius 1 is 1.14 bits per heavy atom. The van der Waals surface area contributed by atoms with Gasteiger partial charge >= 0.3 is 0 Å². The number of rotatable bonds is 10. The van der Waals surface area contributed by atoms with Crippen LogP contribution in [-0.4, -0.2) is 13.2 Å². The third-order valence-corrected chi connectivity index (χ3v) is 5.88. The van der Waals surface area contributed by atoms with Crippen molar-refractivity contribution in [3.63, 3.8) is 0 Å². The quantitative estimate of drug-likeness (QED) is 0.405. The van der Waals surface area contributed by atoms with Crippen molar-refractivity contribution in [3.05, 3.63) is 57.3 Å². The Bertz CT molecular complexity index is 842. The van der Waals surface area contributed by atoms with Crippen LogP contribution in [0, 0.1) is 0 Å². The van der Waals surface area contributed by atoms with Gasteiger partial charge in [-0.3, -0.25) is 0 Å². The van der Waals surface area contributed by atoms with Gasteiger partial charge in [-0.25, -0.2) is 0 Å². The average molecular weight is 412 g/mol. The van der Waals surface area contributed by atoms with Gasteiger partial charge in [0, 0.05) is 16.0 Å². The molecule has 0 bridgehead atoms. The molecular weight excluding hydrogens is 374 g/mol. The predicted molar refractivity (Wildman–Crippen MR) is 130 cm³/mol. The second kappa shape index (κ2) is 11.4. The normalized spacial score (nSPS) is 12.5. The van der Waals surface area contributed by atoms with Crippen LogP contribution < -0.4 is 10.5 Å². The van der Waals surface area contributed by atoms with E-state index in [0.29, 0.717) is 18.4 Å². The maximum absolute atomic E-state index is 6.33. The van der Waals surface area contributed by atoms with Crippen LogP contribution in [0.15, 0.2) is 41.3 Å². The molecule has 0 saturated carbocycles. The molecule has 1 heterocycles. The summed E-state index contributed by atoms with van der Waals surface area (Å²) >= 11 is 1.78. The van der Waals surface area contributed by atoms with Crippen molar-refractivity contribution in [1.29, 1.82) is 0 Å². The third kappa shape index (κ3) is 6.32. The van der Waals surface area contributed by atoms with E-state index in [1.165, 1.54) is 32.7 Å². The summed E-state index contributed by atoms with van der Waals surface area (Å²) < 4.78 is 6.33. The summed E-state index contributed by atoms with van der Waals surface area (Å²) in [7, 11) is 0. The zero-order chi connectivity index (χ0) is 21.4. The molecule has 3 heteroatoms. The van der Waals surface area contributed by atoms with Gasteiger partial charge in [0.05, 0.1) is 6.61 Å². The van der Waals surface area contributed by atoms with Gasteiger partial charge in [-0.1, -0.05) is 58.4 Å². The lowest BCUT2D eigenvalue weighted by molar-refractivity contribution is 0.314. The second-order valence-corrected chi connectivity index (χ2v) is 9.15. The Labute approximate surface area is 181 Å². The van der Waals surface area contributed by atoms with Crippen molar-refractivity contribution in [1.82, 2.24) is 0 Å². The highest BCUT2D eigenvalue weighted by atomic mass is 32.1. The third-order valence-electron chi connectivity index (χ3n) is 5.00. The van der Waals surface area contributed by atoms with Crippen LogP contribution in [-0.2, 0) is 0 Å². The molecule has 0 amide bonds. The minimum absolute atomic E-state index is 0.415. The van der Waals surface area contributed by atoms with Crippen LogP contribution in [0.5, 0.6) is 5.75 Å². The van der Waals surface area contributed by atoms with Gasteiger partial charge in [-0.2, -0.15) is 0 Å². The van der Waals surface area contributed by atoms with Crippen LogP contribution >= 0.6 is 11.3 Å². The highest BCUT2D eigenvalue weighted by Crippen LogP contribution is 2.42. The first kappa shape index (κ1) is 23.4. The van der Waals surface area contributed by atoms with Crippen LogP contribution in [0.25, 0.3) is 17.2 Å². The first-order valence-corrected chi connectivity index (χ1v) is 11.7. The molecule has 158 valence electrons. The average Bonchev–Trinajstić information content (AvgIpc) is 3.16. The SMILES string of the molecule is CCCOc1c(-c2ccsc2/C=C/C(C)=C/CCN)cc(C(C)C)cc1C(C)C. The van der Waals surface area contributed by atoms with Gasteiger partial charge in [-0.05, 0) is 72.9 Å².